The van der Waals surface area contributed by atoms with Crippen molar-refractivity contribution in [3.8, 4) is 0 Å². The molecule has 2 N–H and O–H groups in total. The van der Waals surface area contributed by atoms with Crippen LogP contribution in [0, 0.1) is 0 Å². The minimum atomic E-state index is 0.175. The third-order valence-electron chi connectivity index (χ3n) is 2.64. The topological polar surface area (TPSA) is 77.0 Å². The lowest BCUT2D eigenvalue weighted by Crippen LogP contribution is -2.43. The number of carbonyl (C=O) groups excluding carboxylic acids is 1. The number of amides is 1. The molecule has 1 aromatic rings. The van der Waals surface area contributed by atoms with Crippen molar-refractivity contribution in [2.75, 3.05) is 18.8 Å². The van der Waals surface area contributed by atoms with Crippen molar-refractivity contribution in [2.45, 2.75) is 18.1 Å². The third-order valence-corrected chi connectivity index (χ3v) is 3.65. The van der Waals surface area contributed by atoms with Crippen molar-refractivity contribution in [3.63, 3.8) is 0 Å². The van der Waals surface area contributed by atoms with Crippen LogP contribution < -0.4 is 5.73 Å². The van der Waals surface area contributed by atoms with Crippen LogP contribution in [0.4, 0.5) is 0 Å². The first-order chi connectivity index (χ1) is 7.72. The Morgan fingerprint density at radius 2 is 2.25 bits per heavy atom. The molecule has 0 spiro atoms. The molecule has 1 saturated heterocycles. The van der Waals surface area contributed by atoms with Crippen molar-refractivity contribution in [1.29, 1.82) is 0 Å². The fourth-order valence-corrected chi connectivity index (χ4v) is 2.26. The molecular weight excluding hydrogens is 226 g/mol. The molecule has 16 heavy (non-hydrogen) atoms. The van der Waals surface area contributed by atoms with Gasteiger partial charge in [0.2, 0.25) is 5.91 Å². The zero-order valence-electron chi connectivity index (χ0n) is 9.22. The van der Waals surface area contributed by atoms with E-state index in [0.717, 1.165) is 30.5 Å². The molecule has 1 aromatic heterocycles. The molecule has 0 radical (unpaired) electrons. The molecule has 7 heteroatoms. The van der Waals surface area contributed by atoms with Gasteiger partial charge >= 0.3 is 0 Å². The molecule has 0 unspecified atom stereocenters. The predicted molar refractivity (Wildman–Crippen MR) is 60.8 cm³/mol. The summed E-state index contributed by atoms with van der Waals surface area (Å²) in [6.07, 6.45) is 1.12. The van der Waals surface area contributed by atoms with E-state index in [2.05, 4.69) is 10.2 Å². The number of carbonyl (C=O) groups is 1. The SMILES string of the molecule is Cn1c(CN)nnc1SCC(=O)N1CCC1. The number of rotatable bonds is 4. The number of thioether (sulfide) groups is 1. The van der Waals surface area contributed by atoms with Gasteiger partial charge in [-0.25, -0.2) is 0 Å². The number of nitrogens with two attached hydrogens (primary N) is 1. The first-order valence-electron chi connectivity index (χ1n) is 5.21. The standard InChI is InChI=1S/C9H15N5OS/c1-13-7(5-10)11-12-9(13)16-6-8(15)14-3-2-4-14/h2-6,10H2,1H3. The van der Waals surface area contributed by atoms with E-state index in [9.17, 15) is 4.79 Å². The van der Waals surface area contributed by atoms with Crippen molar-refractivity contribution in [3.05, 3.63) is 5.82 Å². The van der Waals surface area contributed by atoms with Crippen LogP contribution in [0.1, 0.15) is 12.2 Å². The van der Waals surface area contributed by atoms with Gasteiger partial charge in [0.1, 0.15) is 5.82 Å². The maximum absolute atomic E-state index is 11.6. The first kappa shape index (κ1) is 11.4. The van der Waals surface area contributed by atoms with Crippen molar-refractivity contribution >= 4 is 17.7 Å². The Bertz CT molecular complexity index is 387. The molecule has 1 fully saturated rings. The number of hydrogen-bond acceptors (Lipinski definition) is 5. The summed E-state index contributed by atoms with van der Waals surface area (Å²) in [6.45, 7) is 2.16. The van der Waals surface area contributed by atoms with E-state index in [1.807, 2.05) is 16.5 Å². The number of likely N-dealkylation sites (tertiary alicyclic amines) is 1. The van der Waals surface area contributed by atoms with Crippen molar-refractivity contribution < 1.29 is 4.79 Å². The normalized spacial score (nSPS) is 15.0. The van der Waals surface area contributed by atoms with Crippen LogP contribution in [0.25, 0.3) is 0 Å². The molecule has 0 aliphatic carbocycles. The molecule has 1 aliphatic heterocycles. The summed E-state index contributed by atoms with van der Waals surface area (Å²) >= 11 is 1.41. The van der Waals surface area contributed by atoms with Gasteiger partial charge in [-0.2, -0.15) is 0 Å². The molecular formula is C9H15N5OS. The van der Waals surface area contributed by atoms with E-state index in [-0.39, 0.29) is 5.91 Å². The highest BCUT2D eigenvalue weighted by molar-refractivity contribution is 7.99. The monoisotopic (exact) mass is 241 g/mol. The largest absolute Gasteiger partial charge is 0.342 e. The summed E-state index contributed by atoms with van der Waals surface area (Å²) in [5, 5.41) is 8.67. The molecule has 0 saturated carbocycles. The van der Waals surface area contributed by atoms with Gasteiger partial charge in [-0.15, -0.1) is 10.2 Å². The molecule has 1 amide bonds. The maximum Gasteiger partial charge on any atom is 0.233 e. The predicted octanol–water partition coefficient (Wildman–Crippen LogP) is -0.402. The van der Waals surface area contributed by atoms with Crippen molar-refractivity contribution in [1.82, 2.24) is 19.7 Å². The summed E-state index contributed by atoms with van der Waals surface area (Å²) in [6, 6.07) is 0. The summed E-state index contributed by atoms with van der Waals surface area (Å²) in [7, 11) is 1.86. The van der Waals surface area contributed by atoms with Gasteiger partial charge in [0, 0.05) is 20.1 Å². The number of aromatic nitrogens is 3. The fourth-order valence-electron chi connectivity index (χ4n) is 1.43. The van der Waals surface area contributed by atoms with E-state index in [1.165, 1.54) is 11.8 Å². The van der Waals surface area contributed by atoms with Gasteiger partial charge < -0.3 is 15.2 Å². The van der Waals surface area contributed by atoms with Gasteiger partial charge in [0.05, 0.1) is 12.3 Å². The van der Waals surface area contributed by atoms with E-state index >= 15 is 0 Å². The lowest BCUT2D eigenvalue weighted by atomic mass is 10.2. The highest BCUT2D eigenvalue weighted by Crippen LogP contribution is 2.17. The fraction of sp³-hybridized carbons (Fsp3) is 0.667. The van der Waals surface area contributed by atoms with Crippen molar-refractivity contribution in [2.24, 2.45) is 12.8 Å². The lowest BCUT2D eigenvalue weighted by molar-refractivity contribution is -0.131. The third kappa shape index (κ3) is 2.19. The molecule has 0 atom stereocenters. The Balaban J connectivity index is 1.88. The number of nitrogens with zero attached hydrogens (tertiary/aromatic N) is 4. The van der Waals surface area contributed by atoms with E-state index in [4.69, 9.17) is 5.73 Å². The zero-order valence-corrected chi connectivity index (χ0v) is 10.0. The lowest BCUT2D eigenvalue weighted by Gasteiger charge is -2.30. The Kier molecular flexibility index (Phi) is 3.45. The molecule has 2 rings (SSSR count). The summed E-state index contributed by atoms with van der Waals surface area (Å²) in [5.41, 5.74) is 5.49. The van der Waals surface area contributed by atoms with Gasteiger partial charge in [-0.05, 0) is 6.42 Å². The Hall–Kier alpha value is -1.08. The molecule has 6 nitrogen and oxygen atoms in total. The van der Waals surface area contributed by atoms with Gasteiger partial charge in [0.25, 0.3) is 0 Å². The average molecular weight is 241 g/mol. The summed E-state index contributed by atoms with van der Waals surface area (Å²) in [4.78, 5) is 13.5. The van der Waals surface area contributed by atoms with Crippen LogP contribution in [0.3, 0.4) is 0 Å². The molecule has 88 valence electrons. The van der Waals surface area contributed by atoms with Gasteiger partial charge in [0.15, 0.2) is 5.16 Å². The Morgan fingerprint density at radius 1 is 1.50 bits per heavy atom. The smallest absolute Gasteiger partial charge is 0.233 e. The first-order valence-corrected chi connectivity index (χ1v) is 6.20. The quantitative estimate of drug-likeness (QED) is 0.726. The van der Waals surface area contributed by atoms with E-state index in [0.29, 0.717) is 12.3 Å². The second-order valence-corrected chi connectivity index (χ2v) is 4.63. The van der Waals surface area contributed by atoms with Gasteiger partial charge in [-0.3, -0.25) is 4.79 Å². The molecule has 1 aliphatic rings. The maximum atomic E-state index is 11.6. The Labute approximate surface area is 98.2 Å². The molecule has 0 bridgehead atoms. The van der Waals surface area contributed by atoms with Crippen LogP contribution in [0.2, 0.25) is 0 Å². The second-order valence-electron chi connectivity index (χ2n) is 3.68. The van der Waals surface area contributed by atoms with Gasteiger partial charge in [-0.1, -0.05) is 11.8 Å². The van der Waals surface area contributed by atoms with Crippen LogP contribution >= 0.6 is 11.8 Å². The van der Waals surface area contributed by atoms with Crippen LogP contribution in [0.15, 0.2) is 5.16 Å². The number of hydrogen-bond donors (Lipinski definition) is 1. The molecule has 0 aromatic carbocycles. The highest BCUT2D eigenvalue weighted by atomic mass is 32.2. The Morgan fingerprint density at radius 3 is 2.75 bits per heavy atom. The highest BCUT2D eigenvalue weighted by Gasteiger charge is 2.20. The van der Waals surface area contributed by atoms with Crippen LogP contribution in [0.5, 0.6) is 0 Å². The minimum absolute atomic E-state index is 0.175. The molecule has 2 heterocycles. The average Bonchev–Trinajstić information content (AvgIpc) is 2.54. The minimum Gasteiger partial charge on any atom is -0.342 e. The summed E-state index contributed by atoms with van der Waals surface area (Å²) < 4.78 is 1.83. The zero-order chi connectivity index (χ0) is 11.5. The van der Waals surface area contributed by atoms with E-state index < -0.39 is 0 Å². The van der Waals surface area contributed by atoms with Crippen LogP contribution in [-0.2, 0) is 18.4 Å². The van der Waals surface area contributed by atoms with Crippen LogP contribution in [-0.4, -0.2) is 44.4 Å². The van der Waals surface area contributed by atoms with E-state index in [1.54, 1.807) is 0 Å². The second kappa shape index (κ2) is 4.84. The summed E-state index contributed by atoms with van der Waals surface area (Å²) in [5.74, 6) is 1.34.